The van der Waals surface area contributed by atoms with Crippen LogP contribution in [-0.4, -0.2) is 140 Å². The van der Waals surface area contributed by atoms with Gasteiger partial charge >= 0.3 is 0 Å². The molecule has 3 aromatic carbocycles. The van der Waals surface area contributed by atoms with E-state index in [9.17, 15) is 29.4 Å². The van der Waals surface area contributed by atoms with Crippen molar-refractivity contribution in [2.45, 2.75) is 104 Å². The molecule has 0 radical (unpaired) electrons. The number of para-hydroxylation sites is 1. The van der Waals surface area contributed by atoms with Gasteiger partial charge in [0.1, 0.15) is 17.8 Å². The summed E-state index contributed by atoms with van der Waals surface area (Å²) in [5, 5.41) is 35.2. The summed E-state index contributed by atoms with van der Waals surface area (Å²) < 4.78 is 0. The first kappa shape index (κ1) is 52.6. The Morgan fingerprint density at radius 3 is 2.24 bits per heavy atom. The Bertz CT molecular complexity index is 2590. The molecule has 2 aliphatic heterocycles. The third-order valence-corrected chi connectivity index (χ3v) is 14.4. The van der Waals surface area contributed by atoms with Crippen LogP contribution in [0.2, 0.25) is 0 Å². The molecule has 0 unspecified atom stereocenters. The molecular formula is C54H70N10O6S. The lowest BCUT2D eigenvalue weighted by Crippen LogP contribution is -2.57. The van der Waals surface area contributed by atoms with Crippen LogP contribution in [0.5, 0.6) is 5.75 Å². The zero-order valence-corrected chi connectivity index (χ0v) is 42.6. The van der Waals surface area contributed by atoms with Crippen LogP contribution in [0.3, 0.4) is 0 Å². The second-order valence-corrected chi connectivity index (χ2v) is 21.0. The number of likely N-dealkylation sites (N-methyl/N-ethyl adjacent to an activating group) is 1. The zero-order valence-electron chi connectivity index (χ0n) is 41.8. The van der Waals surface area contributed by atoms with Gasteiger partial charge in [0, 0.05) is 69.8 Å². The van der Waals surface area contributed by atoms with E-state index in [1.54, 1.807) is 29.5 Å². The minimum atomic E-state index is -0.856. The van der Waals surface area contributed by atoms with Crippen LogP contribution in [0.15, 0.2) is 84.4 Å². The fraction of sp³-hybridized carbons (Fsp3) is 0.463. The van der Waals surface area contributed by atoms with Gasteiger partial charge in [0.05, 0.1) is 34.4 Å². The highest BCUT2D eigenvalue weighted by Crippen LogP contribution is 2.33. The van der Waals surface area contributed by atoms with Crippen LogP contribution in [0.1, 0.15) is 82.5 Å². The molecule has 4 amide bonds. The second kappa shape index (κ2) is 24.2. The topological polar surface area (TPSA) is 210 Å². The van der Waals surface area contributed by atoms with Gasteiger partial charge in [0.2, 0.25) is 23.6 Å². The average Bonchev–Trinajstić information content (AvgIpc) is 3.97. The Labute approximate surface area is 421 Å². The van der Waals surface area contributed by atoms with Crippen molar-refractivity contribution in [3.05, 3.63) is 101 Å². The number of unbranched alkanes of at least 4 members (excludes halogenated alkanes) is 4. The highest BCUT2D eigenvalue weighted by molar-refractivity contribution is 7.13. The molecular weight excluding hydrogens is 917 g/mol. The van der Waals surface area contributed by atoms with Crippen molar-refractivity contribution in [1.82, 2.24) is 45.4 Å². The van der Waals surface area contributed by atoms with Crippen molar-refractivity contribution in [1.29, 1.82) is 0 Å². The number of phenolic OH excluding ortho intramolecular Hbond substituents is 1. The molecule has 5 aromatic rings. The number of hydrogen-bond acceptors (Lipinski definition) is 13. The van der Waals surface area contributed by atoms with Crippen LogP contribution in [0.4, 0.5) is 5.82 Å². The van der Waals surface area contributed by atoms with E-state index in [0.29, 0.717) is 56.1 Å². The Kier molecular flexibility index (Phi) is 17.9. The van der Waals surface area contributed by atoms with Crippen LogP contribution in [0, 0.1) is 12.3 Å². The fourth-order valence-electron chi connectivity index (χ4n) is 9.33. The number of aryl methyl sites for hydroxylation is 1. The summed E-state index contributed by atoms with van der Waals surface area (Å²) in [5.41, 5.74) is 14.1. The fourth-order valence-corrected chi connectivity index (χ4v) is 10.1. The number of nitrogens with one attached hydrogen (secondary N) is 2. The summed E-state index contributed by atoms with van der Waals surface area (Å²) in [6, 6.07) is 23.1. The number of anilines is 1. The Balaban J connectivity index is 0.764. The summed E-state index contributed by atoms with van der Waals surface area (Å²) >= 11 is 1.58. The molecule has 6 N–H and O–H groups in total. The van der Waals surface area contributed by atoms with Gasteiger partial charge in [0.15, 0.2) is 5.82 Å². The van der Waals surface area contributed by atoms with Crippen molar-refractivity contribution in [2.24, 2.45) is 5.41 Å². The number of aromatic nitrogens is 3. The number of phenols is 1. The average molecular weight is 987 g/mol. The lowest BCUT2D eigenvalue weighted by molar-refractivity contribution is -0.144. The zero-order chi connectivity index (χ0) is 50.7. The number of rotatable bonds is 20. The number of likely N-dealkylation sites (tertiary alicyclic amines) is 1. The smallest absolute Gasteiger partial charge is 0.246 e. The maximum absolute atomic E-state index is 14.0. The number of aliphatic hydroxyl groups excluding tert-OH is 1. The molecule has 16 nitrogen and oxygen atoms in total. The molecule has 2 saturated heterocycles. The predicted molar refractivity (Wildman–Crippen MR) is 278 cm³/mol. The van der Waals surface area contributed by atoms with E-state index in [4.69, 9.17) is 5.73 Å². The Morgan fingerprint density at radius 1 is 0.873 bits per heavy atom. The summed E-state index contributed by atoms with van der Waals surface area (Å²) in [5.74, 6) is -0.350. The highest BCUT2D eigenvalue weighted by atomic mass is 32.1. The van der Waals surface area contributed by atoms with E-state index in [1.165, 1.54) is 4.90 Å². The number of carbonyl (C=O) groups is 4. The third kappa shape index (κ3) is 14.2. The lowest BCUT2D eigenvalue weighted by atomic mass is 9.85. The first-order valence-corrected chi connectivity index (χ1v) is 25.7. The maximum atomic E-state index is 14.0. The summed E-state index contributed by atoms with van der Waals surface area (Å²) in [4.78, 5) is 67.3. The van der Waals surface area contributed by atoms with Crippen molar-refractivity contribution in [2.75, 3.05) is 58.6 Å². The molecule has 7 rings (SSSR count). The molecule has 378 valence electrons. The van der Waals surface area contributed by atoms with Gasteiger partial charge in [-0.05, 0) is 79.2 Å². The molecule has 0 spiro atoms. The van der Waals surface area contributed by atoms with E-state index in [1.807, 2.05) is 111 Å². The standard InChI is InChI=1S/C54H70N10O6S/c1-36-49(71-35-57-36)40-22-16-37(17-23-40)31-56-52(69)45-29-41(65)33-64(45)53(70)50(54(2,3)4)58-47(67)15-9-7-6-8-12-24-62-25-27-63(28-26-62)48(68)34-61(5)32-38-18-20-39(21-19-38)43-30-44(59-60-51(43)55)42-13-10-11-14-46(42)66/h10-11,13-14,16-23,30,35,41,45,50,65-66H,6-9,12,15,24-29,31-34H2,1-5H3,(H2,55,60)(H,56,69)(H,58,67)/t41-,45+,50-/m1/s1. The number of nitrogens with two attached hydrogens (primary N) is 1. The van der Waals surface area contributed by atoms with Crippen molar-refractivity contribution >= 4 is 40.8 Å². The number of aromatic hydroxyl groups is 1. The van der Waals surface area contributed by atoms with Gasteiger partial charge in [0.25, 0.3) is 0 Å². The SMILES string of the molecule is Cc1ncsc1-c1ccc(CNC(=O)[C@@H]2C[C@@H](O)CN2C(=O)[C@@H](NC(=O)CCCCCCCN2CCN(C(=O)CN(C)Cc3ccc(-c4cc(-c5ccccc5O)nnc4N)cc3)CC2)C(C)(C)C)cc1. The monoisotopic (exact) mass is 987 g/mol. The summed E-state index contributed by atoms with van der Waals surface area (Å²) in [6.45, 7) is 13.0. The molecule has 3 atom stereocenters. The number of carbonyl (C=O) groups excluding carboxylic acids is 4. The van der Waals surface area contributed by atoms with Crippen LogP contribution in [-0.2, 0) is 32.3 Å². The number of nitrogens with zero attached hydrogens (tertiary/aromatic N) is 7. The number of thiazole rings is 1. The minimum Gasteiger partial charge on any atom is -0.507 e. The number of aliphatic hydroxyl groups is 1. The van der Waals surface area contributed by atoms with Gasteiger partial charge in [-0.25, -0.2) is 4.98 Å². The molecule has 0 saturated carbocycles. The van der Waals surface area contributed by atoms with Crippen molar-refractivity contribution in [3.63, 3.8) is 0 Å². The van der Waals surface area contributed by atoms with E-state index in [0.717, 1.165) is 83.7 Å². The molecule has 71 heavy (non-hydrogen) atoms. The predicted octanol–water partition coefficient (Wildman–Crippen LogP) is 6.26. The van der Waals surface area contributed by atoms with Gasteiger partial charge in [-0.15, -0.1) is 21.5 Å². The summed E-state index contributed by atoms with van der Waals surface area (Å²) in [7, 11) is 1.95. The van der Waals surface area contributed by atoms with Gasteiger partial charge in [-0.3, -0.25) is 29.0 Å². The number of nitrogen functional groups attached to an aromatic ring is 1. The lowest BCUT2D eigenvalue weighted by Gasteiger charge is -2.35. The van der Waals surface area contributed by atoms with Crippen LogP contribution < -0.4 is 16.4 Å². The summed E-state index contributed by atoms with van der Waals surface area (Å²) in [6.07, 6.45) is 4.28. The van der Waals surface area contributed by atoms with E-state index >= 15 is 0 Å². The van der Waals surface area contributed by atoms with Crippen LogP contribution >= 0.6 is 11.3 Å². The Hall–Kier alpha value is -6.27. The van der Waals surface area contributed by atoms with Gasteiger partial charge < -0.3 is 36.4 Å². The van der Waals surface area contributed by atoms with Crippen LogP contribution in [0.25, 0.3) is 32.8 Å². The van der Waals surface area contributed by atoms with E-state index in [2.05, 4.69) is 30.7 Å². The molecule has 2 aliphatic rings. The maximum Gasteiger partial charge on any atom is 0.246 e. The second-order valence-electron chi connectivity index (χ2n) is 20.1. The molecule has 2 fully saturated rings. The first-order chi connectivity index (χ1) is 34.0. The third-order valence-electron chi connectivity index (χ3n) is 13.4. The molecule has 4 heterocycles. The number of amides is 4. The number of benzene rings is 3. The quantitative estimate of drug-likeness (QED) is 0.0548. The first-order valence-electron chi connectivity index (χ1n) is 24.8. The molecule has 0 bridgehead atoms. The largest absolute Gasteiger partial charge is 0.507 e. The minimum absolute atomic E-state index is 0.0296. The molecule has 17 heteroatoms. The highest BCUT2D eigenvalue weighted by Gasteiger charge is 2.44. The molecule has 2 aromatic heterocycles. The number of hydrogen-bond donors (Lipinski definition) is 5. The molecule has 0 aliphatic carbocycles. The normalized spacial score (nSPS) is 16.8. The Morgan fingerprint density at radius 2 is 1.55 bits per heavy atom. The van der Waals surface area contributed by atoms with Gasteiger partial charge in [-0.2, -0.15) is 0 Å². The number of piperazine rings is 1. The van der Waals surface area contributed by atoms with Crippen molar-refractivity contribution in [3.8, 4) is 38.6 Å². The number of β-amino-alcohol motifs (C(OH)–C–C–N with tert-alkyl or cyclic N) is 1. The van der Waals surface area contributed by atoms with Crippen molar-refractivity contribution < 1.29 is 29.4 Å². The van der Waals surface area contributed by atoms with E-state index < -0.39 is 23.6 Å². The van der Waals surface area contributed by atoms with E-state index in [-0.39, 0.29) is 48.9 Å². The van der Waals surface area contributed by atoms with Gasteiger partial charge in [-0.1, -0.05) is 101 Å².